The number of hydrogen-bond donors (Lipinski definition) is 1. The molecule has 1 aromatic carbocycles. The van der Waals surface area contributed by atoms with Crippen molar-refractivity contribution in [3.63, 3.8) is 0 Å². The number of nitrogens with one attached hydrogen (secondary N) is 1. The van der Waals surface area contributed by atoms with Gasteiger partial charge in [0.25, 0.3) is 5.91 Å². The topological polar surface area (TPSA) is 42.2 Å². The Morgan fingerprint density at radius 3 is 2.44 bits per heavy atom. The van der Waals surface area contributed by atoms with E-state index in [-0.39, 0.29) is 5.76 Å². The van der Waals surface area contributed by atoms with Crippen LogP contribution in [0.25, 0.3) is 0 Å². The summed E-state index contributed by atoms with van der Waals surface area (Å²) in [4.78, 5) is 11.7. The largest absolute Gasteiger partial charge is 0.456 e. The first-order valence-electron chi connectivity index (χ1n) is 5.46. The van der Waals surface area contributed by atoms with E-state index in [0.717, 1.165) is 12.1 Å². The fraction of sp³-hybridized carbons (Fsp3) is 0.154. The number of halogens is 2. The van der Waals surface area contributed by atoms with E-state index in [2.05, 4.69) is 5.32 Å². The van der Waals surface area contributed by atoms with Gasteiger partial charge in [-0.05, 0) is 24.3 Å². The van der Waals surface area contributed by atoms with Crippen LogP contribution in [0.4, 0.5) is 14.5 Å². The van der Waals surface area contributed by atoms with Gasteiger partial charge >= 0.3 is 0 Å². The van der Waals surface area contributed by atoms with E-state index < -0.39 is 23.2 Å². The summed E-state index contributed by atoms with van der Waals surface area (Å²) in [6.45, 7) is 1.87. The Morgan fingerprint density at radius 2 is 1.89 bits per heavy atom. The van der Waals surface area contributed by atoms with Gasteiger partial charge in [-0.3, -0.25) is 4.79 Å². The number of furan rings is 1. The molecule has 0 bridgehead atoms. The molecule has 1 amide bonds. The first-order valence-corrected chi connectivity index (χ1v) is 5.46. The van der Waals surface area contributed by atoms with Gasteiger partial charge in [0.05, 0.1) is 0 Å². The quantitative estimate of drug-likeness (QED) is 0.908. The van der Waals surface area contributed by atoms with Crippen LogP contribution in [-0.2, 0) is 6.42 Å². The predicted octanol–water partition coefficient (Wildman–Crippen LogP) is 3.37. The maximum absolute atomic E-state index is 13.3. The van der Waals surface area contributed by atoms with E-state index in [1.807, 2.05) is 6.92 Å². The first-order chi connectivity index (χ1) is 8.61. The number of carbonyl (C=O) groups is 1. The molecule has 5 heteroatoms. The Balaban J connectivity index is 2.21. The summed E-state index contributed by atoms with van der Waals surface area (Å²) >= 11 is 0. The lowest BCUT2D eigenvalue weighted by molar-refractivity contribution is 0.0994. The molecule has 1 aromatic heterocycles. The summed E-state index contributed by atoms with van der Waals surface area (Å²) in [7, 11) is 0. The van der Waals surface area contributed by atoms with Gasteiger partial charge in [0, 0.05) is 6.42 Å². The van der Waals surface area contributed by atoms with Gasteiger partial charge < -0.3 is 9.73 Å². The maximum atomic E-state index is 13.3. The van der Waals surface area contributed by atoms with E-state index in [9.17, 15) is 13.6 Å². The lowest BCUT2D eigenvalue weighted by Crippen LogP contribution is -2.13. The van der Waals surface area contributed by atoms with Crippen LogP contribution in [0.15, 0.2) is 34.7 Å². The summed E-state index contributed by atoms with van der Waals surface area (Å²) in [6, 6.07) is 6.47. The van der Waals surface area contributed by atoms with Crippen molar-refractivity contribution >= 4 is 11.6 Å². The molecule has 0 saturated carbocycles. The van der Waals surface area contributed by atoms with Gasteiger partial charge in [0.2, 0.25) is 0 Å². The smallest absolute Gasteiger partial charge is 0.291 e. The molecule has 0 aliphatic rings. The van der Waals surface area contributed by atoms with Gasteiger partial charge in [0.1, 0.15) is 23.1 Å². The number of amides is 1. The van der Waals surface area contributed by atoms with Crippen molar-refractivity contribution in [2.45, 2.75) is 13.3 Å². The molecular formula is C13H11F2NO2. The van der Waals surface area contributed by atoms with Crippen molar-refractivity contribution in [3.8, 4) is 0 Å². The molecule has 0 aliphatic carbocycles. The SMILES string of the molecule is CCc1ccc(C(=O)Nc2c(F)cccc2F)o1. The van der Waals surface area contributed by atoms with E-state index in [0.29, 0.717) is 12.2 Å². The van der Waals surface area contributed by atoms with E-state index in [4.69, 9.17) is 4.42 Å². The van der Waals surface area contributed by atoms with Crippen LogP contribution in [0.2, 0.25) is 0 Å². The minimum Gasteiger partial charge on any atom is -0.456 e. The lowest BCUT2D eigenvalue weighted by Gasteiger charge is -2.05. The second kappa shape index (κ2) is 5.00. The summed E-state index contributed by atoms with van der Waals surface area (Å²) in [5.74, 6) is -1.68. The number of benzene rings is 1. The van der Waals surface area contributed by atoms with Crippen molar-refractivity contribution in [2.24, 2.45) is 0 Å². The molecule has 0 fully saturated rings. The van der Waals surface area contributed by atoms with Crippen molar-refractivity contribution in [2.75, 3.05) is 5.32 Å². The summed E-state index contributed by atoms with van der Waals surface area (Å²) in [5.41, 5.74) is -0.475. The minimum absolute atomic E-state index is 0.0227. The number of aryl methyl sites for hydroxylation is 1. The van der Waals surface area contributed by atoms with Gasteiger partial charge in [-0.2, -0.15) is 0 Å². The number of anilines is 1. The molecular weight excluding hydrogens is 240 g/mol. The van der Waals surface area contributed by atoms with Gasteiger partial charge in [0.15, 0.2) is 5.76 Å². The molecule has 0 radical (unpaired) electrons. The Hall–Kier alpha value is -2.17. The molecule has 3 nitrogen and oxygen atoms in total. The van der Waals surface area contributed by atoms with Crippen molar-refractivity contribution in [3.05, 3.63) is 53.5 Å². The van der Waals surface area contributed by atoms with E-state index in [1.54, 1.807) is 6.07 Å². The molecule has 2 aromatic rings. The Kier molecular flexibility index (Phi) is 3.41. The average Bonchev–Trinajstić information content (AvgIpc) is 2.82. The normalized spacial score (nSPS) is 10.4. The second-order valence-corrected chi connectivity index (χ2v) is 3.67. The van der Waals surface area contributed by atoms with Gasteiger partial charge in [-0.15, -0.1) is 0 Å². The zero-order valence-corrected chi connectivity index (χ0v) is 9.67. The molecule has 0 saturated heterocycles. The van der Waals surface area contributed by atoms with Crippen LogP contribution in [0, 0.1) is 11.6 Å². The highest BCUT2D eigenvalue weighted by Crippen LogP contribution is 2.19. The third kappa shape index (κ3) is 2.40. The highest BCUT2D eigenvalue weighted by atomic mass is 19.1. The van der Waals surface area contributed by atoms with E-state index in [1.165, 1.54) is 12.1 Å². The van der Waals surface area contributed by atoms with Crippen LogP contribution < -0.4 is 5.32 Å². The Morgan fingerprint density at radius 1 is 1.22 bits per heavy atom. The standard InChI is InChI=1S/C13H11F2NO2/c1-2-8-6-7-11(18-8)13(17)16-12-9(14)4-3-5-10(12)15/h3-7H,2H2,1H3,(H,16,17). The van der Waals surface area contributed by atoms with Crippen molar-refractivity contribution in [1.29, 1.82) is 0 Å². The molecule has 94 valence electrons. The molecule has 18 heavy (non-hydrogen) atoms. The fourth-order valence-corrected chi connectivity index (χ4v) is 1.48. The molecule has 0 atom stereocenters. The van der Waals surface area contributed by atoms with Gasteiger partial charge in [-0.1, -0.05) is 13.0 Å². The third-order valence-corrected chi connectivity index (χ3v) is 2.44. The van der Waals surface area contributed by atoms with Gasteiger partial charge in [-0.25, -0.2) is 8.78 Å². The molecule has 1 heterocycles. The van der Waals surface area contributed by atoms with Crippen molar-refractivity contribution in [1.82, 2.24) is 0 Å². The zero-order valence-electron chi connectivity index (χ0n) is 9.67. The van der Waals surface area contributed by atoms with Crippen LogP contribution in [0.5, 0.6) is 0 Å². The lowest BCUT2D eigenvalue weighted by atomic mass is 10.3. The second-order valence-electron chi connectivity index (χ2n) is 3.67. The van der Waals surface area contributed by atoms with E-state index >= 15 is 0 Å². The zero-order chi connectivity index (χ0) is 13.1. The average molecular weight is 251 g/mol. The highest BCUT2D eigenvalue weighted by molar-refractivity contribution is 6.02. The molecule has 2 rings (SSSR count). The molecule has 0 spiro atoms. The van der Waals surface area contributed by atoms with Crippen LogP contribution in [0.1, 0.15) is 23.2 Å². The summed E-state index contributed by atoms with van der Waals surface area (Å²) < 4.78 is 31.8. The van der Waals surface area contributed by atoms with Crippen LogP contribution in [0.3, 0.4) is 0 Å². The number of para-hydroxylation sites is 1. The molecule has 0 unspecified atom stereocenters. The molecule has 0 aliphatic heterocycles. The third-order valence-electron chi connectivity index (χ3n) is 2.44. The monoisotopic (exact) mass is 251 g/mol. The number of rotatable bonds is 3. The number of carbonyl (C=O) groups excluding carboxylic acids is 1. The Labute approximate surface area is 102 Å². The first kappa shape index (κ1) is 12.3. The molecule has 1 N–H and O–H groups in total. The Bertz CT molecular complexity index is 558. The van der Waals surface area contributed by atoms with Crippen LogP contribution >= 0.6 is 0 Å². The maximum Gasteiger partial charge on any atom is 0.291 e. The highest BCUT2D eigenvalue weighted by Gasteiger charge is 2.15. The van der Waals surface area contributed by atoms with Crippen LogP contribution in [-0.4, -0.2) is 5.91 Å². The summed E-state index contributed by atoms with van der Waals surface area (Å²) in [6.07, 6.45) is 0.640. The fourth-order valence-electron chi connectivity index (χ4n) is 1.48. The minimum atomic E-state index is -0.828. The summed E-state index contributed by atoms with van der Waals surface area (Å²) in [5, 5.41) is 2.15. The number of hydrogen-bond acceptors (Lipinski definition) is 2. The van der Waals surface area contributed by atoms with Crippen molar-refractivity contribution < 1.29 is 18.0 Å². The predicted molar refractivity (Wildman–Crippen MR) is 62.4 cm³/mol.